The molecule has 1 aromatic heterocycles. The lowest BCUT2D eigenvalue weighted by atomic mass is 10.0. The van der Waals surface area contributed by atoms with Crippen LogP contribution < -0.4 is 5.32 Å². The van der Waals surface area contributed by atoms with Crippen LogP contribution in [0.4, 0.5) is 0 Å². The topological polar surface area (TPSA) is 12.0 Å². The van der Waals surface area contributed by atoms with Gasteiger partial charge in [-0.05, 0) is 54.1 Å². The van der Waals surface area contributed by atoms with Crippen molar-refractivity contribution in [1.29, 1.82) is 0 Å². The molecule has 0 saturated carbocycles. The fourth-order valence-corrected chi connectivity index (χ4v) is 2.36. The maximum absolute atomic E-state index is 4.13. The van der Waals surface area contributed by atoms with Crippen LogP contribution in [0.25, 0.3) is 15.7 Å². The van der Waals surface area contributed by atoms with Gasteiger partial charge in [-0.25, -0.2) is 0 Å². The van der Waals surface area contributed by atoms with Gasteiger partial charge in [-0.1, -0.05) is 12.6 Å². The zero-order valence-corrected chi connectivity index (χ0v) is 9.90. The van der Waals surface area contributed by atoms with Gasteiger partial charge in [0.1, 0.15) is 0 Å². The van der Waals surface area contributed by atoms with Crippen molar-refractivity contribution in [2.75, 3.05) is 7.05 Å². The molecule has 2 aromatic rings. The summed E-state index contributed by atoms with van der Waals surface area (Å²) in [6.45, 7) is 6.25. The second kappa shape index (κ2) is 4.17. The molecule has 0 amide bonds. The van der Waals surface area contributed by atoms with Gasteiger partial charge < -0.3 is 5.32 Å². The Labute approximate surface area is 94.4 Å². The third-order valence-corrected chi connectivity index (χ3v) is 3.68. The molecule has 0 spiro atoms. The van der Waals surface area contributed by atoms with E-state index in [1.807, 2.05) is 7.05 Å². The summed E-state index contributed by atoms with van der Waals surface area (Å²) in [4.78, 5) is 0. The number of likely N-dealkylation sites (N-methyl/N-ethyl adjacent to an activating group) is 1. The minimum absolute atomic E-state index is 0.320. The monoisotopic (exact) mass is 217 g/mol. The Hall–Kier alpha value is -1.12. The van der Waals surface area contributed by atoms with E-state index >= 15 is 0 Å². The summed E-state index contributed by atoms with van der Waals surface area (Å²) in [5.74, 6) is 0. The first-order valence-electron chi connectivity index (χ1n) is 5.06. The van der Waals surface area contributed by atoms with E-state index in [4.69, 9.17) is 0 Å². The molecule has 2 rings (SSSR count). The molecule has 0 aliphatic rings. The van der Waals surface area contributed by atoms with Crippen LogP contribution in [0.15, 0.2) is 36.2 Å². The van der Waals surface area contributed by atoms with Crippen molar-refractivity contribution in [3.63, 3.8) is 0 Å². The third kappa shape index (κ3) is 1.96. The van der Waals surface area contributed by atoms with Crippen LogP contribution in [-0.2, 0) is 0 Å². The Balaban J connectivity index is 2.39. The van der Waals surface area contributed by atoms with Gasteiger partial charge in [0, 0.05) is 10.7 Å². The predicted octanol–water partition coefficient (Wildman–Crippen LogP) is 3.52. The number of rotatable bonds is 3. The molecule has 1 heterocycles. The van der Waals surface area contributed by atoms with E-state index in [1.165, 1.54) is 15.6 Å². The molecular weight excluding hydrogens is 202 g/mol. The maximum atomic E-state index is 4.13. The van der Waals surface area contributed by atoms with E-state index in [-0.39, 0.29) is 0 Å². The van der Waals surface area contributed by atoms with Crippen LogP contribution in [0.5, 0.6) is 0 Å². The van der Waals surface area contributed by atoms with E-state index in [0.29, 0.717) is 6.04 Å². The molecular formula is C13H15NS. The average molecular weight is 217 g/mol. The summed E-state index contributed by atoms with van der Waals surface area (Å²) >= 11 is 1.78. The number of thiophene rings is 1. The number of benzene rings is 1. The predicted molar refractivity (Wildman–Crippen MR) is 69.4 cm³/mol. The first kappa shape index (κ1) is 10.4. The van der Waals surface area contributed by atoms with Crippen molar-refractivity contribution in [2.24, 2.45) is 0 Å². The molecule has 78 valence electrons. The molecule has 1 unspecified atom stereocenters. The van der Waals surface area contributed by atoms with Crippen LogP contribution in [-0.4, -0.2) is 13.1 Å². The zero-order valence-electron chi connectivity index (χ0n) is 9.08. The third-order valence-electron chi connectivity index (χ3n) is 2.78. The summed E-state index contributed by atoms with van der Waals surface area (Å²) in [5.41, 5.74) is 2.37. The molecule has 0 bridgehead atoms. The SMILES string of the molecule is C=C(c1ccc2sccc2c1)C(C)NC. The Bertz CT molecular complexity index is 484. The molecule has 1 N–H and O–H groups in total. The van der Waals surface area contributed by atoms with Crippen LogP contribution in [0.3, 0.4) is 0 Å². The molecule has 1 atom stereocenters. The largest absolute Gasteiger partial charge is 0.313 e. The number of nitrogens with one attached hydrogen (secondary N) is 1. The van der Waals surface area contributed by atoms with E-state index in [9.17, 15) is 0 Å². The van der Waals surface area contributed by atoms with Gasteiger partial charge in [0.15, 0.2) is 0 Å². The molecule has 0 aliphatic carbocycles. The van der Waals surface area contributed by atoms with E-state index in [2.05, 4.69) is 48.5 Å². The first-order valence-corrected chi connectivity index (χ1v) is 5.94. The average Bonchev–Trinajstić information content (AvgIpc) is 2.73. The van der Waals surface area contributed by atoms with Crippen molar-refractivity contribution >= 4 is 27.0 Å². The lowest BCUT2D eigenvalue weighted by Gasteiger charge is -2.13. The molecule has 1 aromatic carbocycles. The highest BCUT2D eigenvalue weighted by molar-refractivity contribution is 7.17. The van der Waals surface area contributed by atoms with E-state index in [0.717, 1.165) is 5.57 Å². The smallest absolute Gasteiger partial charge is 0.0343 e. The summed E-state index contributed by atoms with van der Waals surface area (Å²) in [6.07, 6.45) is 0. The lowest BCUT2D eigenvalue weighted by Crippen LogP contribution is -2.22. The molecule has 0 fully saturated rings. The molecule has 0 saturated heterocycles. The Morgan fingerprint density at radius 3 is 2.93 bits per heavy atom. The van der Waals surface area contributed by atoms with Crippen molar-refractivity contribution in [3.05, 3.63) is 41.8 Å². The van der Waals surface area contributed by atoms with Gasteiger partial charge >= 0.3 is 0 Å². The summed E-state index contributed by atoms with van der Waals surface area (Å²) in [6, 6.07) is 9.00. The fraction of sp³-hybridized carbons (Fsp3) is 0.231. The summed E-state index contributed by atoms with van der Waals surface area (Å²) in [7, 11) is 1.96. The van der Waals surface area contributed by atoms with Crippen LogP contribution in [0.2, 0.25) is 0 Å². The fourth-order valence-electron chi connectivity index (χ4n) is 1.59. The molecule has 0 aliphatic heterocycles. The number of fused-ring (bicyclic) bond motifs is 1. The highest BCUT2D eigenvalue weighted by atomic mass is 32.1. The lowest BCUT2D eigenvalue weighted by molar-refractivity contribution is 0.746. The van der Waals surface area contributed by atoms with E-state index < -0.39 is 0 Å². The number of hydrogen-bond donors (Lipinski definition) is 1. The normalized spacial score (nSPS) is 12.9. The molecule has 0 radical (unpaired) electrons. The molecule has 2 heteroatoms. The molecule has 15 heavy (non-hydrogen) atoms. The van der Waals surface area contributed by atoms with Crippen LogP contribution in [0.1, 0.15) is 12.5 Å². The van der Waals surface area contributed by atoms with Crippen molar-refractivity contribution in [3.8, 4) is 0 Å². The van der Waals surface area contributed by atoms with Gasteiger partial charge in [-0.15, -0.1) is 11.3 Å². The van der Waals surface area contributed by atoms with E-state index in [1.54, 1.807) is 11.3 Å². The Kier molecular flexibility index (Phi) is 2.89. The van der Waals surface area contributed by atoms with Crippen LogP contribution in [0, 0.1) is 0 Å². The highest BCUT2D eigenvalue weighted by Crippen LogP contribution is 2.25. The Morgan fingerprint density at radius 1 is 1.40 bits per heavy atom. The van der Waals surface area contributed by atoms with Gasteiger partial charge in [0.2, 0.25) is 0 Å². The molecule has 1 nitrogen and oxygen atoms in total. The van der Waals surface area contributed by atoms with Crippen molar-refractivity contribution in [1.82, 2.24) is 5.32 Å². The zero-order chi connectivity index (χ0) is 10.8. The van der Waals surface area contributed by atoms with Gasteiger partial charge in [0.05, 0.1) is 0 Å². The second-order valence-electron chi connectivity index (χ2n) is 3.71. The Morgan fingerprint density at radius 2 is 2.20 bits per heavy atom. The summed E-state index contributed by atoms with van der Waals surface area (Å²) in [5, 5.41) is 6.64. The van der Waals surface area contributed by atoms with Gasteiger partial charge in [-0.3, -0.25) is 0 Å². The second-order valence-corrected chi connectivity index (χ2v) is 4.66. The van der Waals surface area contributed by atoms with Gasteiger partial charge in [-0.2, -0.15) is 0 Å². The van der Waals surface area contributed by atoms with Gasteiger partial charge in [0.25, 0.3) is 0 Å². The maximum Gasteiger partial charge on any atom is 0.0343 e. The highest BCUT2D eigenvalue weighted by Gasteiger charge is 2.07. The van der Waals surface area contributed by atoms with Crippen molar-refractivity contribution in [2.45, 2.75) is 13.0 Å². The first-order chi connectivity index (χ1) is 7.22. The van der Waals surface area contributed by atoms with Crippen molar-refractivity contribution < 1.29 is 0 Å². The quantitative estimate of drug-likeness (QED) is 0.829. The van der Waals surface area contributed by atoms with Crippen LogP contribution >= 0.6 is 11.3 Å². The summed E-state index contributed by atoms with van der Waals surface area (Å²) < 4.78 is 1.34. The number of hydrogen-bond acceptors (Lipinski definition) is 2. The minimum atomic E-state index is 0.320. The minimum Gasteiger partial charge on any atom is -0.313 e. The standard InChI is InChI=1S/C13H15NS/c1-9(10(2)14-3)11-4-5-13-12(8-11)6-7-15-13/h4-8,10,14H,1H2,2-3H3.